The number of rotatable bonds is 2. The minimum absolute atomic E-state index is 0.155. The predicted octanol–water partition coefficient (Wildman–Crippen LogP) is 0.0361. The summed E-state index contributed by atoms with van der Waals surface area (Å²) in [7, 11) is 1.28. The number of hydrogen-bond donors (Lipinski definition) is 1. The number of methoxy groups -OCH3 is 1. The summed E-state index contributed by atoms with van der Waals surface area (Å²) in [6, 6.07) is 8.28. The van der Waals surface area contributed by atoms with Crippen molar-refractivity contribution < 1.29 is 14.3 Å². The third-order valence-corrected chi connectivity index (χ3v) is 2.90. The van der Waals surface area contributed by atoms with E-state index in [2.05, 4.69) is 10.1 Å². The summed E-state index contributed by atoms with van der Waals surface area (Å²) in [5.41, 5.74) is 1.25. The molecule has 1 saturated heterocycles. The van der Waals surface area contributed by atoms with Gasteiger partial charge in [-0.25, -0.2) is 4.79 Å². The number of nitriles is 1. The Bertz CT molecular complexity index is 550. The van der Waals surface area contributed by atoms with E-state index in [0.29, 0.717) is 12.1 Å². The fourth-order valence-corrected chi connectivity index (χ4v) is 1.99. The van der Waals surface area contributed by atoms with Crippen molar-refractivity contribution in [1.82, 2.24) is 5.32 Å². The number of anilines is 1. The second-order valence-electron chi connectivity index (χ2n) is 4.19. The van der Waals surface area contributed by atoms with Gasteiger partial charge >= 0.3 is 5.97 Å². The molecule has 0 aliphatic carbocycles. The van der Waals surface area contributed by atoms with Crippen molar-refractivity contribution in [2.45, 2.75) is 6.04 Å². The molecule has 0 bridgehead atoms. The SMILES string of the molecule is COC(=O)C1CN(c2cccc(C#N)c2)CC(=O)N1. The molecular weight excluding hydrogens is 246 g/mol. The zero-order chi connectivity index (χ0) is 13.8. The zero-order valence-electron chi connectivity index (χ0n) is 10.4. The molecule has 1 aromatic rings. The summed E-state index contributed by atoms with van der Waals surface area (Å²) in [6.45, 7) is 0.482. The van der Waals surface area contributed by atoms with Crippen molar-refractivity contribution in [3.8, 4) is 6.07 Å². The summed E-state index contributed by atoms with van der Waals surface area (Å²) >= 11 is 0. The number of amides is 1. The average molecular weight is 259 g/mol. The molecule has 6 heteroatoms. The van der Waals surface area contributed by atoms with Crippen LogP contribution in [0.25, 0.3) is 0 Å². The first-order valence-electron chi connectivity index (χ1n) is 5.76. The van der Waals surface area contributed by atoms with Gasteiger partial charge in [-0.05, 0) is 18.2 Å². The Kier molecular flexibility index (Phi) is 3.66. The lowest BCUT2D eigenvalue weighted by Crippen LogP contribution is -2.57. The Hall–Kier alpha value is -2.55. The van der Waals surface area contributed by atoms with Crippen LogP contribution in [0.5, 0.6) is 0 Å². The van der Waals surface area contributed by atoms with Gasteiger partial charge in [0.25, 0.3) is 0 Å². The predicted molar refractivity (Wildman–Crippen MR) is 67.3 cm³/mol. The molecule has 0 spiro atoms. The van der Waals surface area contributed by atoms with Gasteiger partial charge in [-0.15, -0.1) is 0 Å². The summed E-state index contributed by atoms with van der Waals surface area (Å²) in [4.78, 5) is 24.9. The first-order chi connectivity index (χ1) is 9.13. The molecule has 1 unspecified atom stereocenters. The highest BCUT2D eigenvalue weighted by atomic mass is 16.5. The van der Waals surface area contributed by atoms with Crippen LogP contribution in [-0.2, 0) is 14.3 Å². The normalized spacial score (nSPS) is 18.4. The minimum Gasteiger partial charge on any atom is -0.467 e. The van der Waals surface area contributed by atoms with E-state index in [0.717, 1.165) is 5.69 Å². The van der Waals surface area contributed by atoms with Crippen molar-refractivity contribution in [2.24, 2.45) is 0 Å². The second kappa shape index (κ2) is 5.40. The number of carbonyl (C=O) groups is 2. The van der Waals surface area contributed by atoms with Crippen molar-refractivity contribution in [3.05, 3.63) is 29.8 Å². The molecule has 19 heavy (non-hydrogen) atoms. The van der Waals surface area contributed by atoms with Crippen LogP contribution in [0, 0.1) is 11.3 Å². The van der Waals surface area contributed by atoms with Gasteiger partial charge < -0.3 is 15.0 Å². The molecule has 1 amide bonds. The van der Waals surface area contributed by atoms with E-state index in [4.69, 9.17) is 5.26 Å². The number of hydrogen-bond acceptors (Lipinski definition) is 5. The smallest absolute Gasteiger partial charge is 0.330 e. The molecule has 6 nitrogen and oxygen atoms in total. The summed E-state index contributed by atoms with van der Waals surface area (Å²) in [5.74, 6) is -0.724. The molecule has 0 saturated carbocycles. The molecule has 0 radical (unpaired) electrons. The van der Waals surface area contributed by atoms with E-state index in [1.54, 1.807) is 29.2 Å². The Morgan fingerprint density at radius 1 is 1.58 bits per heavy atom. The van der Waals surface area contributed by atoms with Crippen LogP contribution >= 0.6 is 0 Å². The fourth-order valence-electron chi connectivity index (χ4n) is 1.99. The first kappa shape index (κ1) is 12.9. The van der Waals surface area contributed by atoms with Gasteiger partial charge in [-0.3, -0.25) is 4.79 Å². The van der Waals surface area contributed by atoms with Gasteiger partial charge in [-0.2, -0.15) is 5.26 Å². The number of nitrogens with zero attached hydrogens (tertiary/aromatic N) is 2. The van der Waals surface area contributed by atoms with Gasteiger partial charge in [0.1, 0.15) is 6.04 Å². The second-order valence-corrected chi connectivity index (χ2v) is 4.19. The molecule has 1 aromatic carbocycles. The van der Waals surface area contributed by atoms with Crippen molar-refractivity contribution in [2.75, 3.05) is 25.1 Å². The Balaban J connectivity index is 2.21. The number of nitrogens with one attached hydrogen (secondary N) is 1. The van der Waals surface area contributed by atoms with Crippen LogP contribution in [0.3, 0.4) is 0 Å². The standard InChI is InChI=1S/C13H13N3O3/c1-19-13(18)11-7-16(8-12(17)15-11)10-4-2-3-9(5-10)6-14/h2-5,11H,7-8H2,1H3,(H,15,17). The van der Waals surface area contributed by atoms with Crippen LogP contribution in [0.1, 0.15) is 5.56 Å². The summed E-state index contributed by atoms with van der Waals surface area (Å²) < 4.78 is 4.63. The lowest BCUT2D eigenvalue weighted by molar-refractivity contribution is -0.145. The topological polar surface area (TPSA) is 82.4 Å². The van der Waals surface area contributed by atoms with Crippen molar-refractivity contribution in [1.29, 1.82) is 5.26 Å². The van der Waals surface area contributed by atoms with Crippen LogP contribution in [0.2, 0.25) is 0 Å². The minimum atomic E-state index is -0.683. The average Bonchev–Trinajstić information content (AvgIpc) is 2.45. The van der Waals surface area contributed by atoms with E-state index < -0.39 is 12.0 Å². The fraction of sp³-hybridized carbons (Fsp3) is 0.308. The van der Waals surface area contributed by atoms with E-state index >= 15 is 0 Å². The molecule has 1 aliphatic heterocycles. The third kappa shape index (κ3) is 2.83. The molecule has 1 N–H and O–H groups in total. The Morgan fingerprint density at radius 2 is 2.37 bits per heavy atom. The van der Waals surface area contributed by atoms with E-state index in [1.807, 2.05) is 6.07 Å². The Morgan fingerprint density at radius 3 is 3.05 bits per heavy atom. The maximum atomic E-state index is 11.6. The van der Waals surface area contributed by atoms with Crippen LogP contribution in [0.4, 0.5) is 5.69 Å². The quantitative estimate of drug-likeness (QED) is 0.758. The summed E-state index contributed by atoms with van der Waals surface area (Å²) in [6.07, 6.45) is 0. The monoisotopic (exact) mass is 259 g/mol. The van der Waals surface area contributed by atoms with Crippen LogP contribution in [0.15, 0.2) is 24.3 Å². The van der Waals surface area contributed by atoms with E-state index in [-0.39, 0.29) is 12.5 Å². The Labute approximate surface area is 110 Å². The van der Waals surface area contributed by atoms with Crippen LogP contribution < -0.4 is 10.2 Å². The van der Waals surface area contributed by atoms with Crippen LogP contribution in [-0.4, -0.2) is 38.1 Å². The highest BCUT2D eigenvalue weighted by Gasteiger charge is 2.30. The number of piperazine rings is 1. The highest BCUT2D eigenvalue weighted by Crippen LogP contribution is 2.18. The molecule has 1 heterocycles. The maximum Gasteiger partial charge on any atom is 0.330 e. The van der Waals surface area contributed by atoms with E-state index in [9.17, 15) is 9.59 Å². The highest BCUT2D eigenvalue weighted by molar-refractivity contribution is 5.89. The zero-order valence-corrected chi connectivity index (χ0v) is 10.4. The molecule has 2 rings (SSSR count). The molecular formula is C13H13N3O3. The first-order valence-corrected chi connectivity index (χ1v) is 5.76. The molecule has 1 atom stereocenters. The van der Waals surface area contributed by atoms with Gasteiger partial charge in [0.2, 0.25) is 5.91 Å². The lowest BCUT2D eigenvalue weighted by atomic mass is 10.1. The largest absolute Gasteiger partial charge is 0.467 e. The van der Waals surface area contributed by atoms with Crippen molar-refractivity contribution in [3.63, 3.8) is 0 Å². The lowest BCUT2D eigenvalue weighted by Gasteiger charge is -2.33. The molecule has 0 aromatic heterocycles. The maximum absolute atomic E-state index is 11.6. The summed E-state index contributed by atoms with van der Waals surface area (Å²) in [5, 5.41) is 11.4. The number of benzene rings is 1. The van der Waals surface area contributed by atoms with E-state index in [1.165, 1.54) is 7.11 Å². The van der Waals surface area contributed by atoms with Crippen molar-refractivity contribution >= 4 is 17.6 Å². The van der Waals surface area contributed by atoms with Gasteiger partial charge in [0, 0.05) is 12.2 Å². The third-order valence-electron chi connectivity index (χ3n) is 2.90. The number of esters is 1. The molecule has 1 aliphatic rings. The van der Waals surface area contributed by atoms with Gasteiger partial charge in [0.15, 0.2) is 0 Å². The number of carbonyl (C=O) groups excluding carboxylic acids is 2. The van der Waals surface area contributed by atoms with Gasteiger partial charge in [0.05, 0.1) is 25.3 Å². The number of ether oxygens (including phenoxy) is 1. The van der Waals surface area contributed by atoms with Gasteiger partial charge in [-0.1, -0.05) is 6.07 Å². The molecule has 1 fully saturated rings. The molecule has 98 valence electrons.